The SMILES string of the molecule is FC(F)(F)c1ccc(N2CC3(CC(C(COC4CCC4)c4cccnc4)C3)C2)cn1. The van der Waals surface area contributed by atoms with Crippen LogP contribution in [0.5, 0.6) is 0 Å². The van der Waals surface area contributed by atoms with Crippen LogP contribution in [0.25, 0.3) is 0 Å². The minimum absolute atomic E-state index is 0.282. The maximum Gasteiger partial charge on any atom is 0.433 e. The van der Waals surface area contributed by atoms with E-state index in [0.29, 0.717) is 17.9 Å². The highest BCUT2D eigenvalue weighted by Gasteiger charge is 2.54. The Bertz CT molecular complexity index is 854. The molecule has 1 unspecified atom stereocenters. The van der Waals surface area contributed by atoms with Crippen LogP contribution in [0.15, 0.2) is 42.9 Å². The van der Waals surface area contributed by atoms with Crippen molar-refractivity contribution in [2.75, 3.05) is 24.6 Å². The molecule has 0 aromatic carbocycles. The van der Waals surface area contributed by atoms with Crippen LogP contribution in [0.3, 0.4) is 0 Å². The van der Waals surface area contributed by atoms with Gasteiger partial charge in [0.25, 0.3) is 0 Å². The van der Waals surface area contributed by atoms with Crippen LogP contribution in [-0.2, 0) is 10.9 Å². The molecule has 0 bridgehead atoms. The number of hydrogen-bond donors (Lipinski definition) is 0. The zero-order valence-corrected chi connectivity index (χ0v) is 16.8. The van der Waals surface area contributed by atoms with Gasteiger partial charge in [0.2, 0.25) is 0 Å². The van der Waals surface area contributed by atoms with E-state index < -0.39 is 11.9 Å². The lowest BCUT2D eigenvalue weighted by Crippen LogP contribution is -2.63. The molecular weight excluding hydrogens is 391 g/mol. The van der Waals surface area contributed by atoms with Gasteiger partial charge in [0.15, 0.2) is 0 Å². The van der Waals surface area contributed by atoms with Gasteiger partial charge in [-0.3, -0.25) is 4.98 Å². The first-order valence-corrected chi connectivity index (χ1v) is 10.7. The van der Waals surface area contributed by atoms with Crippen molar-refractivity contribution in [3.8, 4) is 0 Å². The van der Waals surface area contributed by atoms with Crippen molar-refractivity contribution in [1.82, 2.24) is 9.97 Å². The van der Waals surface area contributed by atoms with Crippen molar-refractivity contribution in [1.29, 1.82) is 0 Å². The molecule has 1 aliphatic heterocycles. The monoisotopic (exact) mass is 417 g/mol. The van der Waals surface area contributed by atoms with E-state index in [2.05, 4.69) is 20.9 Å². The summed E-state index contributed by atoms with van der Waals surface area (Å²) in [7, 11) is 0. The standard InChI is InChI=1S/C23H26F3N3O/c24-23(25,26)21-7-6-18(12-28-21)29-14-22(15-29)9-17(10-22)20(13-30-19-4-1-5-19)16-3-2-8-27-11-16/h2-3,6-8,11-12,17,19-20H,1,4-5,9-10,13-15H2. The second kappa shape index (κ2) is 7.52. The lowest BCUT2D eigenvalue weighted by molar-refractivity contribution is -0.141. The molecule has 5 rings (SSSR count). The molecule has 30 heavy (non-hydrogen) atoms. The number of pyridine rings is 2. The van der Waals surface area contributed by atoms with Crippen LogP contribution >= 0.6 is 0 Å². The van der Waals surface area contributed by atoms with E-state index in [-0.39, 0.29) is 5.41 Å². The fourth-order valence-corrected chi connectivity index (χ4v) is 5.16. The van der Waals surface area contributed by atoms with Gasteiger partial charge in [-0.25, -0.2) is 4.98 Å². The van der Waals surface area contributed by atoms with E-state index in [9.17, 15) is 13.2 Å². The number of hydrogen-bond acceptors (Lipinski definition) is 4. The largest absolute Gasteiger partial charge is 0.433 e. The number of halogens is 3. The van der Waals surface area contributed by atoms with Crippen molar-refractivity contribution in [3.63, 3.8) is 0 Å². The molecule has 0 N–H and O–H groups in total. The summed E-state index contributed by atoms with van der Waals surface area (Å²) in [6, 6.07) is 6.74. The summed E-state index contributed by atoms with van der Waals surface area (Å²) in [6.45, 7) is 2.53. The zero-order valence-electron chi connectivity index (χ0n) is 16.8. The molecule has 1 saturated heterocycles. The molecule has 1 atom stereocenters. The quantitative estimate of drug-likeness (QED) is 0.658. The Morgan fingerprint density at radius 1 is 1.13 bits per heavy atom. The molecule has 3 heterocycles. The maximum absolute atomic E-state index is 12.7. The van der Waals surface area contributed by atoms with Gasteiger partial charge in [0, 0.05) is 36.8 Å². The average Bonchev–Trinajstić information content (AvgIpc) is 2.63. The van der Waals surface area contributed by atoms with Gasteiger partial charge in [-0.15, -0.1) is 0 Å². The van der Waals surface area contributed by atoms with E-state index in [1.807, 2.05) is 12.3 Å². The first-order valence-electron chi connectivity index (χ1n) is 10.7. The first kappa shape index (κ1) is 19.8. The normalized spacial score (nSPS) is 22.3. The average molecular weight is 417 g/mol. The summed E-state index contributed by atoms with van der Waals surface area (Å²) in [5.74, 6) is 0.939. The zero-order chi connectivity index (χ0) is 20.8. The third kappa shape index (κ3) is 3.80. The highest BCUT2D eigenvalue weighted by atomic mass is 19.4. The van der Waals surface area contributed by atoms with Gasteiger partial charge in [0.05, 0.1) is 24.6 Å². The van der Waals surface area contributed by atoms with Gasteiger partial charge in [-0.05, 0) is 61.8 Å². The smallest absolute Gasteiger partial charge is 0.378 e. The summed E-state index contributed by atoms with van der Waals surface area (Å²) < 4.78 is 44.3. The first-order chi connectivity index (χ1) is 14.4. The van der Waals surface area contributed by atoms with Crippen LogP contribution in [0.2, 0.25) is 0 Å². The van der Waals surface area contributed by atoms with Crippen molar-refractivity contribution < 1.29 is 17.9 Å². The summed E-state index contributed by atoms with van der Waals surface area (Å²) in [6.07, 6.45) is 7.01. The minimum Gasteiger partial charge on any atom is -0.378 e. The van der Waals surface area contributed by atoms with Crippen molar-refractivity contribution in [2.24, 2.45) is 11.3 Å². The van der Waals surface area contributed by atoms with Crippen molar-refractivity contribution in [2.45, 2.75) is 50.3 Å². The van der Waals surface area contributed by atoms with E-state index >= 15 is 0 Å². The Balaban J connectivity index is 1.18. The second-order valence-corrected chi connectivity index (χ2v) is 9.20. The summed E-state index contributed by atoms with van der Waals surface area (Å²) in [5, 5.41) is 0. The maximum atomic E-state index is 12.7. The molecule has 0 radical (unpaired) electrons. The predicted octanol–water partition coefficient (Wildman–Crippen LogP) is 5.06. The van der Waals surface area contributed by atoms with E-state index in [4.69, 9.17) is 4.74 Å². The van der Waals surface area contributed by atoms with Gasteiger partial charge >= 0.3 is 6.18 Å². The lowest BCUT2D eigenvalue weighted by atomic mass is 9.54. The van der Waals surface area contributed by atoms with E-state index in [1.165, 1.54) is 37.1 Å². The molecule has 2 aliphatic carbocycles. The van der Waals surface area contributed by atoms with E-state index in [1.54, 1.807) is 6.20 Å². The number of aromatic nitrogens is 2. The summed E-state index contributed by atoms with van der Waals surface area (Å²) in [4.78, 5) is 10.0. The van der Waals surface area contributed by atoms with Gasteiger partial charge in [-0.1, -0.05) is 6.07 Å². The van der Waals surface area contributed by atoms with E-state index in [0.717, 1.165) is 44.3 Å². The molecule has 0 amide bonds. The van der Waals surface area contributed by atoms with Crippen molar-refractivity contribution >= 4 is 5.69 Å². The van der Waals surface area contributed by atoms with Crippen molar-refractivity contribution in [3.05, 3.63) is 54.1 Å². The lowest BCUT2D eigenvalue weighted by Gasteiger charge is -2.61. The minimum atomic E-state index is -4.39. The molecule has 2 aromatic rings. The number of alkyl halides is 3. The molecule has 7 heteroatoms. The van der Waals surface area contributed by atoms with Crippen LogP contribution in [0.4, 0.5) is 18.9 Å². The Labute approximate surface area is 174 Å². The third-order valence-corrected chi connectivity index (χ3v) is 7.09. The molecule has 3 fully saturated rings. The molecular formula is C23H26F3N3O. The molecule has 4 nitrogen and oxygen atoms in total. The Morgan fingerprint density at radius 2 is 1.93 bits per heavy atom. The molecule has 3 aliphatic rings. The predicted molar refractivity (Wildman–Crippen MR) is 107 cm³/mol. The molecule has 2 aromatic heterocycles. The second-order valence-electron chi connectivity index (χ2n) is 9.20. The number of nitrogens with zero attached hydrogens (tertiary/aromatic N) is 3. The molecule has 1 spiro atoms. The Morgan fingerprint density at radius 3 is 2.50 bits per heavy atom. The molecule has 2 saturated carbocycles. The van der Waals surface area contributed by atoms with Crippen LogP contribution in [0.1, 0.15) is 49.3 Å². The van der Waals surface area contributed by atoms with Crippen LogP contribution in [0, 0.1) is 11.3 Å². The third-order valence-electron chi connectivity index (χ3n) is 7.09. The highest BCUT2D eigenvalue weighted by molar-refractivity contribution is 5.49. The van der Waals surface area contributed by atoms with Gasteiger partial charge in [0.1, 0.15) is 5.69 Å². The van der Waals surface area contributed by atoms with Crippen LogP contribution < -0.4 is 4.90 Å². The number of rotatable bonds is 6. The fraction of sp³-hybridized carbons (Fsp3) is 0.565. The number of anilines is 1. The summed E-state index contributed by atoms with van der Waals surface area (Å²) in [5.41, 5.74) is 1.47. The highest BCUT2D eigenvalue weighted by Crippen LogP contribution is 2.57. The number of ether oxygens (including phenoxy) is 1. The summed E-state index contributed by atoms with van der Waals surface area (Å²) >= 11 is 0. The Kier molecular flexibility index (Phi) is 4.96. The fourth-order valence-electron chi connectivity index (χ4n) is 5.16. The molecule has 160 valence electrons. The van der Waals surface area contributed by atoms with Gasteiger partial charge in [-0.2, -0.15) is 13.2 Å². The van der Waals surface area contributed by atoms with Crippen LogP contribution in [-0.4, -0.2) is 35.8 Å². The Hall–Kier alpha value is -2.15. The van der Waals surface area contributed by atoms with Gasteiger partial charge < -0.3 is 9.64 Å². The topological polar surface area (TPSA) is 38.2 Å².